The molecule has 1 saturated heterocycles. The number of amides is 1. The molecule has 0 bridgehead atoms. The minimum Gasteiger partial charge on any atom is -0.481 e. The van der Waals surface area contributed by atoms with Crippen LogP contribution in [0.5, 0.6) is 0 Å². The highest BCUT2D eigenvalue weighted by molar-refractivity contribution is 5.82. The Morgan fingerprint density at radius 3 is 2.65 bits per heavy atom. The summed E-state index contributed by atoms with van der Waals surface area (Å²) in [5.74, 6) is -0.268. The van der Waals surface area contributed by atoms with Crippen LogP contribution in [-0.4, -0.2) is 46.6 Å². The topological polar surface area (TPSA) is 69.6 Å². The number of nitrogens with zero attached hydrogens (tertiary/aromatic N) is 1. The molecule has 2 N–H and O–H groups in total. The van der Waals surface area contributed by atoms with E-state index in [1.165, 1.54) is 0 Å². The number of carbonyl (C=O) groups is 2. The first kappa shape index (κ1) is 17.0. The van der Waals surface area contributed by atoms with E-state index in [-0.39, 0.29) is 23.9 Å². The van der Waals surface area contributed by atoms with E-state index in [0.717, 1.165) is 25.9 Å². The van der Waals surface area contributed by atoms with Gasteiger partial charge in [0.25, 0.3) is 0 Å². The van der Waals surface area contributed by atoms with E-state index >= 15 is 0 Å². The Hall–Kier alpha value is -1.10. The highest BCUT2D eigenvalue weighted by atomic mass is 16.4. The largest absolute Gasteiger partial charge is 0.481 e. The molecule has 1 rings (SSSR count). The Bertz CT molecular complexity index is 355. The molecule has 20 heavy (non-hydrogen) atoms. The highest BCUT2D eigenvalue weighted by Crippen LogP contribution is 2.23. The summed E-state index contributed by atoms with van der Waals surface area (Å²) < 4.78 is 0. The van der Waals surface area contributed by atoms with Gasteiger partial charge in [-0.1, -0.05) is 6.92 Å². The lowest BCUT2D eigenvalue weighted by atomic mass is 10.0. The number of aliphatic carboxylic acids is 1. The predicted molar refractivity (Wildman–Crippen MR) is 78.5 cm³/mol. The van der Waals surface area contributed by atoms with E-state index in [4.69, 9.17) is 5.11 Å². The summed E-state index contributed by atoms with van der Waals surface area (Å²) >= 11 is 0. The zero-order chi connectivity index (χ0) is 15.3. The lowest BCUT2D eigenvalue weighted by Crippen LogP contribution is -2.51. The van der Waals surface area contributed by atoms with Gasteiger partial charge < -0.3 is 10.4 Å². The smallest absolute Gasteiger partial charge is 0.303 e. The van der Waals surface area contributed by atoms with Gasteiger partial charge in [0.05, 0.1) is 6.04 Å². The summed E-state index contributed by atoms with van der Waals surface area (Å²) in [6.07, 6.45) is 2.82. The molecule has 1 heterocycles. The zero-order valence-corrected chi connectivity index (χ0v) is 13.1. The van der Waals surface area contributed by atoms with Crippen molar-refractivity contribution in [2.24, 2.45) is 5.92 Å². The minimum absolute atomic E-state index is 0.0655. The second-order valence-electron chi connectivity index (χ2n) is 6.48. The van der Waals surface area contributed by atoms with Crippen molar-refractivity contribution in [2.75, 3.05) is 13.1 Å². The summed E-state index contributed by atoms with van der Waals surface area (Å²) in [5, 5.41) is 11.8. The van der Waals surface area contributed by atoms with E-state index in [1.54, 1.807) is 0 Å². The quantitative estimate of drug-likeness (QED) is 0.749. The van der Waals surface area contributed by atoms with Crippen LogP contribution in [0.1, 0.15) is 53.4 Å². The van der Waals surface area contributed by atoms with Gasteiger partial charge in [-0.05, 0) is 52.5 Å². The molecule has 0 spiro atoms. The Balaban J connectivity index is 2.43. The van der Waals surface area contributed by atoms with Gasteiger partial charge in [-0.3, -0.25) is 14.5 Å². The number of nitrogens with one attached hydrogen (secondary N) is 1. The van der Waals surface area contributed by atoms with E-state index in [1.807, 2.05) is 20.8 Å². The molecule has 116 valence electrons. The molecule has 5 heteroatoms. The van der Waals surface area contributed by atoms with Crippen molar-refractivity contribution in [1.29, 1.82) is 0 Å². The molecule has 1 amide bonds. The van der Waals surface area contributed by atoms with Crippen LogP contribution in [0.4, 0.5) is 0 Å². The van der Waals surface area contributed by atoms with Crippen LogP contribution < -0.4 is 5.32 Å². The van der Waals surface area contributed by atoms with Gasteiger partial charge in [0.1, 0.15) is 0 Å². The number of rotatable bonds is 7. The van der Waals surface area contributed by atoms with Crippen LogP contribution in [0.15, 0.2) is 0 Å². The average Bonchev–Trinajstić information content (AvgIpc) is 2.83. The fourth-order valence-electron chi connectivity index (χ4n) is 2.47. The summed E-state index contributed by atoms with van der Waals surface area (Å²) in [5.41, 5.74) is -0.173. The summed E-state index contributed by atoms with van der Waals surface area (Å²) in [6.45, 7) is 9.75. The Kier molecular flexibility index (Phi) is 5.99. The number of hydrogen-bond donors (Lipinski definition) is 2. The van der Waals surface area contributed by atoms with Gasteiger partial charge in [-0.2, -0.15) is 0 Å². The van der Waals surface area contributed by atoms with E-state index in [0.29, 0.717) is 12.3 Å². The number of likely N-dealkylation sites (tertiary alicyclic amines) is 1. The Morgan fingerprint density at radius 2 is 2.10 bits per heavy atom. The first-order chi connectivity index (χ1) is 9.25. The van der Waals surface area contributed by atoms with Crippen LogP contribution in [0.3, 0.4) is 0 Å². The number of hydrogen-bond acceptors (Lipinski definition) is 3. The van der Waals surface area contributed by atoms with Gasteiger partial charge in [0.2, 0.25) is 5.91 Å². The van der Waals surface area contributed by atoms with Crippen molar-refractivity contribution in [3.05, 3.63) is 0 Å². The summed E-state index contributed by atoms with van der Waals surface area (Å²) in [6, 6.07) is -0.143. The fraction of sp³-hybridized carbons (Fsp3) is 0.867. The third-order valence-electron chi connectivity index (χ3n) is 4.36. The second-order valence-corrected chi connectivity index (χ2v) is 6.48. The molecule has 0 radical (unpaired) electrons. The third-order valence-corrected chi connectivity index (χ3v) is 4.36. The molecule has 2 unspecified atom stereocenters. The SMILES string of the molecule is CCC(C)(C)NC(=O)C(C)N1CCC(CCC(=O)O)C1. The maximum atomic E-state index is 12.2. The average molecular weight is 284 g/mol. The van der Waals surface area contributed by atoms with Crippen molar-refractivity contribution < 1.29 is 14.7 Å². The van der Waals surface area contributed by atoms with Crippen molar-refractivity contribution in [3.63, 3.8) is 0 Å². The molecule has 0 saturated carbocycles. The monoisotopic (exact) mass is 284 g/mol. The molecule has 0 aromatic carbocycles. The first-order valence-corrected chi connectivity index (χ1v) is 7.53. The number of carboxylic acid groups (broad SMARTS) is 1. The summed E-state index contributed by atoms with van der Waals surface area (Å²) in [4.78, 5) is 25.0. The predicted octanol–water partition coefficient (Wildman–Crippen LogP) is 1.87. The fourth-order valence-corrected chi connectivity index (χ4v) is 2.47. The molecule has 1 aliphatic heterocycles. The molecule has 0 aliphatic carbocycles. The van der Waals surface area contributed by atoms with Crippen LogP contribution in [0, 0.1) is 5.92 Å². The Labute approximate surface area is 121 Å². The maximum Gasteiger partial charge on any atom is 0.303 e. The highest BCUT2D eigenvalue weighted by Gasteiger charge is 2.31. The van der Waals surface area contributed by atoms with Crippen LogP contribution in [-0.2, 0) is 9.59 Å². The maximum absolute atomic E-state index is 12.2. The lowest BCUT2D eigenvalue weighted by Gasteiger charge is -2.30. The van der Waals surface area contributed by atoms with Crippen LogP contribution in [0.25, 0.3) is 0 Å². The number of carbonyl (C=O) groups excluding carboxylic acids is 1. The van der Waals surface area contributed by atoms with Crippen molar-refractivity contribution >= 4 is 11.9 Å². The lowest BCUT2D eigenvalue weighted by molar-refractivity contribution is -0.137. The molecular formula is C15H28N2O3. The van der Waals surface area contributed by atoms with Gasteiger partial charge in [-0.15, -0.1) is 0 Å². The number of carboxylic acids is 1. The first-order valence-electron chi connectivity index (χ1n) is 7.53. The molecule has 5 nitrogen and oxygen atoms in total. The van der Waals surface area contributed by atoms with E-state index < -0.39 is 5.97 Å². The molecular weight excluding hydrogens is 256 g/mol. The molecule has 1 fully saturated rings. The molecule has 2 atom stereocenters. The summed E-state index contributed by atoms with van der Waals surface area (Å²) in [7, 11) is 0. The molecule has 0 aromatic rings. The van der Waals surface area contributed by atoms with Crippen molar-refractivity contribution in [3.8, 4) is 0 Å². The van der Waals surface area contributed by atoms with Gasteiger partial charge >= 0.3 is 5.97 Å². The second kappa shape index (κ2) is 7.07. The van der Waals surface area contributed by atoms with Gasteiger partial charge in [0.15, 0.2) is 0 Å². The van der Waals surface area contributed by atoms with Crippen molar-refractivity contribution in [1.82, 2.24) is 10.2 Å². The third kappa shape index (κ3) is 5.12. The van der Waals surface area contributed by atoms with Crippen molar-refractivity contribution in [2.45, 2.75) is 65.0 Å². The standard InChI is InChI=1S/C15H28N2O3/c1-5-15(3,4)16-14(20)11(2)17-9-8-12(10-17)6-7-13(18)19/h11-12H,5-10H2,1-4H3,(H,16,20)(H,18,19). The normalized spacial score (nSPS) is 21.7. The van der Waals surface area contributed by atoms with E-state index in [2.05, 4.69) is 17.1 Å². The van der Waals surface area contributed by atoms with Gasteiger partial charge in [0, 0.05) is 18.5 Å². The van der Waals surface area contributed by atoms with E-state index in [9.17, 15) is 9.59 Å². The Morgan fingerprint density at radius 1 is 1.45 bits per heavy atom. The molecule has 0 aromatic heterocycles. The minimum atomic E-state index is -0.737. The van der Waals surface area contributed by atoms with Crippen LogP contribution in [0.2, 0.25) is 0 Å². The molecule has 1 aliphatic rings. The van der Waals surface area contributed by atoms with Crippen LogP contribution >= 0.6 is 0 Å². The van der Waals surface area contributed by atoms with Gasteiger partial charge in [-0.25, -0.2) is 0 Å². The zero-order valence-electron chi connectivity index (χ0n) is 13.1.